The van der Waals surface area contributed by atoms with E-state index in [2.05, 4.69) is 0 Å². The molecular formula is C19H10F12NO+. The monoisotopic (exact) mass is 496 g/mol. The van der Waals surface area contributed by atoms with Gasteiger partial charge in [0.15, 0.2) is 6.21 Å². The van der Waals surface area contributed by atoms with E-state index in [1.54, 1.807) is 0 Å². The van der Waals surface area contributed by atoms with Crippen LogP contribution < -0.4 is 4.74 Å². The largest absolute Gasteiger partial charge is 0.435 e. The van der Waals surface area contributed by atoms with E-state index >= 15 is 0 Å². The Morgan fingerprint density at radius 3 is 1.64 bits per heavy atom. The first-order valence-electron chi connectivity index (χ1n) is 8.67. The van der Waals surface area contributed by atoms with Crippen LogP contribution in [0, 0.1) is 6.92 Å². The number of nitrogens with zero attached hydrogens (tertiary/aromatic N) is 1. The molecule has 0 amide bonds. The molecule has 1 aliphatic heterocycles. The first kappa shape index (κ1) is 24.7. The molecule has 0 aliphatic carbocycles. The lowest BCUT2D eigenvalue weighted by Gasteiger charge is -2.25. The Bertz CT molecular complexity index is 1070. The Hall–Kier alpha value is -2.93. The fourth-order valence-electron chi connectivity index (χ4n) is 3.42. The molecule has 0 bridgehead atoms. The molecule has 2 aromatic rings. The van der Waals surface area contributed by atoms with Gasteiger partial charge in [-0.2, -0.15) is 57.3 Å². The second-order valence-corrected chi connectivity index (χ2v) is 6.93. The van der Waals surface area contributed by atoms with Gasteiger partial charge < -0.3 is 4.74 Å². The molecule has 3 rings (SSSR count). The van der Waals surface area contributed by atoms with E-state index in [0.717, 1.165) is 6.07 Å². The third kappa shape index (κ3) is 4.60. The molecule has 14 heteroatoms. The topological polar surface area (TPSA) is 12.2 Å². The van der Waals surface area contributed by atoms with Crippen molar-refractivity contribution in [3.05, 3.63) is 57.6 Å². The summed E-state index contributed by atoms with van der Waals surface area (Å²) in [7, 11) is 0. The number of ether oxygens (including phenoxy) is 1. The van der Waals surface area contributed by atoms with Gasteiger partial charge in [0.25, 0.3) is 6.73 Å². The van der Waals surface area contributed by atoms with E-state index in [4.69, 9.17) is 4.74 Å². The molecule has 2 nitrogen and oxygen atoms in total. The van der Waals surface area contributed by atoms with E-state index in [-0.39, 0.29) is 15.9 Å². The van der Waals surface area contributed by atoms with Crippen LogP contribution in [0.5, 0.6) is 5.75 Å². The summed E-state index contributed by atoms with van der Waals surface area (Å²) in [5.74, 6) is -0.00103. The first-order valence-corrected chi connectivity index (χ1v) is 8.67. The number of benzene rings is 2. The lowest BCUT2D eigenvalue weighted by atomic mass is 9.93. The number of fused-ring (bicyclic) bond motifs is 1. The van der Waals surface area contributed by atoms with Crippen molar-refractivity contribution in [2.75, 3.05) is 6.73 Å². The van der Waals surface area contributed by atoms with Crippen LogP contribution in [0.3, 0.4) is 0 Å². The van der Waals surface area contributed by atoms with Crippen LogP contribution >= 0.6 is 0 Å². The second-order valence-electron chi connectivity index (χ2n) is 6.93. The number of hydrogen-bond acceptors (Lipinski definition) is 1. The molecule has 0 atom stereocenters. The molecule has 0 radical (unpaired) electrons. The molecule has 1 aliphatic rings. The highest BCUT2D eigenvalue weighted by Gasteiger charge is 2.57. The van der Waals surface area contributed by atoms with Crippen molar-refractivity contribution < 1.29 is 62.0 Å². The molecule has 0 saturated heterocycles. The van der Waals surface area contributed by atoms with Crippen molar-refractivity contribution >= 4 is 11.9 Å². The van der Waals surface area contributed by atoms with Crippen LogP contribution in [0.25, 0.3) is 0 Å². The van der Waals surface area contributed by atoms with Gasteiger partial charge in [0, 0.05) is 0 Å². The maximum Gasteiger partial charge on any atom is 0.423 e. The minimum Gasteiger partial charge on any atom is -0.435 e. The van der Waals surface area contributed by atoms with Crippen molar-refractivity contribution in [3.63, 3.8) is 0 Å². The SMILES string of the molecule is Cc1cccc2c1OC[N+](c1c(C(F)(F)F)c(C(F)(F)F)cc(C(F)(F)F)c1C(F)(F)F)=C2. The first-order chi connectivity index (χ1) is 14.8. The Morgan fingerprint density at radius 2 is 1.21 bits per heavy atom. The van der Waals surface area contributed by atoms with Gasteiger partial charge in [0.1, 0.15) is 16.9 Å². The van der Waals surface area contributed by atoms with Gasteiger partial charge in [-0.05, 0) is 24.6 Å². The lowest BCUT2D eigenvalue weighted by Crippen LogP contribution is -2.30. The van der Waals surface area contributed by atoms with Crippen LogP contribution in [-0.4, -0.2) is 17.5 Å². The summed E-state index contributed by atoms with van der Waals surface area (Å²) in [6.07, 6.45) is -23.8. The third-order valence-corrected chi connectivity index (χ3v) is 4.65. The van der Waals surface area contributed by atoms with Crippen molar-refractivity contribution in [2.45, 2.75) is 31.6 Å². The van der Waals surface area contributed by atoms with Gasteiger partial charge in [0.2, 0.25) is 5.69 Å². The summed E-state index contributed by atoms with van der Waals surface area (Å²) in [5, 5.41) is 0. The summed E-state index contributed by atoms with van der Waals surface area (Å²) in [6, 6.07) is 2.78. The molecule has 0 unspecified atom stereocenters. The maximum atomic E-state index is 13.7. The van der Waals surface area contributed by atoms with E-state index in [0.29, 0.717) is 11.8 Å². The summed E-state index contributed by atoms with van der Waals surface area (Å²) in [4.78, 5) is 0. The fraction of sp³-hybridized carbons (Fsp3) is 0.316. The number of alkyl halides is 12. The predicted octanol–water partition coefficient (Wildman–Crippen LogP) is 7.18. The van der Waals surface area contributed by atoms with Gasteiger partial charge in [-0.1, -0.05) is 12.1 Å². The molecule has 180 valence electrons. The lowest BCUT2D eigenvalue weighted by molar-refractivity contribution is -0.480. The van der Waals surface area contributed by atoms with E-state index in [1.165, 1.54) is 19.1 Å². The smallest absolute Gasteiger partial charge is 0.423 e. The standard InChI is InChI=1S/C19H10F12NO/c1-8-3-2-4-9-6-32(7-33-15(8)9)14-12(18(26,27)28)10(16(20,21)22)5-11(17(23,24)25)13(14)19(29,30)31/h2-6H,7H2,1H3/q+1. The Kier molecular flexibility index (Phi) is 5.65. The van der Waals surface area contributed by atoms with Gasteiger partial charge in [0.05, 0.1) is 16.7 Å². The van der Waals surface area contributed by atoms with Crippen molar-refractivity contribution in [1.82, 2.24) is 0 Å². The Balaban J connectivity index is 2.58. The summed E-state index contributed by atoms with van der Waals surface area (Å²) >= 11 is 0. The molecule has 33 heavy (non-hydrogen) atoms. The van der Waals surface area contributed by atoms with Crippen LogP contribution in [-0.2, 0) is 24.7 Å². The highest BCUT2D eigenvalue weighted by molar-refractivity contribution is 5.83. The summed E-state index contributed by atoms with van der Waals surface area (Å²) in [6.45, 7) is 0.263. The van der Waals surface area contributed by atoms with Crippen molar-refractivity contribution in [3.8, 4) is 5.75 Å². The van der Waals surface area contributed by atoms with Gasteiger partial charge in [-0.15, -0.1) is 0 Å². The third-order valence-electron chi connectivity index (χ3n) is 4.65. The van der Waals surface area contributed by atoms with Crippen LogP contribution in [0.4, 0.5) is 58.4 Å². The molecule has 2 aromatic carbocycles. The molecule has 0 saturated carbocycles. The number of aryl methyl sites for hydroxylation is 1. The van der Waals surface area contributed by atoms with Gasteiger partial charge in [-0.25, -0.2) is 0 Å². The highest BCUT2D eigenvalue weighted by Crippen LogP contribution is 2.53. The minimum absolute atomic E-state index is 0.00103. The highest BCUT2D eigenvalue weighted by atomic mass is 19.4. The Labute approximate surface area is 176 Å². The minimum atomic E-state index is -6.11. The second kappa shape index (κ2) is 7.55. The molecule has 0 fully saturated rings. The predicted molar refractivity (Wildman–Crippen MR) is 88.2 cm³/mol. The van der Waals surface area contributed by atoms with Crippen LogP contribution in [0.15, 0.2) is 24.3 Å². The zero-order valence-corrected chi connectivity index (χ0v) is 16.0. The normalized spacial score (nSPS) is 15.1. The fourth-order valence-corrected chi connectivity index (χ4v) is 3.42. The van der Waals surface area contributed by atoms with Crippen molar-refractivity contribution in [1.29, 1.82) is 0 Å². The van der Waals surface area contributed by atoms with Crippen molar-refractivity contribution in [2.24, 2.45) is 0 Å². The number of para-hydroxylation sites is 1. The number of halogens is 12. The van der Waals surface area contributed by atoms with E-state index < -0.39 is 65.4 Å². The molecule has 0 aromatic heterocycles. The zero-order valence-electron chi connectivity index (χ0n) is 16.0. The van der Waals surface area contributed by atoms with Gasteiger partial charge in [-0.3, -0.25) is 0 Å². The molecule has 0 N–H and O–H groups in total. The van der Waals surface area contributed by atoms with E-state index in [9.17, 15) is 52.7 Å². The van der Waals surface area contributed by atoms with E-state index in [1.807, 2.05) is 0 Å². The quantitative estimate of drug-likeness (QED) is 0.301. The maximum absolute atomic E-state index is 13.7. The number of rotatable bonds is 1. The molecular weight excluding hydrogens is 486 g/mol. The summed E-state index contributed by atoms with van der Waals surface area (Å²) in [5.41, 5.74) is -13.8. The summed E-state index contributed by atoms with van der Waals surface area (Å²) < 4.78 is 168. The van der Waals surface area contributed by atoms with Gasteiger partial charge >= 0.3 is 24.7 Å². The molecule has 0 spiro atoms. The zero-order chi connectivity index (χ0) is 25.1. The van der Waals surface area contributed by atoms with Crippen LogP contribution in [0.2, 0.25) is 0 Å². The average molecular weight is 496 g/mol. The average Bonchev–Trinajstić information content (AvgIpc) is 2.63. The van der Waals surface area contributed by atoms with Crippen LogP contribution in [0.1, 0.15) is 33.4 Å². The Morgan fingerprint density at radius 1 is 0.727 bits per heavy atom. The molecule has 1 heterocycles. The number of hydrogen-bond donors (Lipinski definition) is 0.